The molecule has 1 N–H and O–H groups in total. The second-order valence-electron chi connectivity index (χ2n) is 4.48. The van der Waals surface area contributed by atoms with Crippen LogP contribution in [0.1, 0.15) is 0 Å². The van der Waals surface area contributed by atoms with Crippen LogP contribution < -0.4 is 4.90 Å². The number of hydrogen-bond donors (Lipinski definition) is 1. The number of aliphatic carboxylic acids is 1. The third-order valence-electron chi connectivity index (χ3n) is 3.19. The summed E-state index contributed by atoms with van der Waals surface area (Å²) in [5, 5.41) is 8.51. The van der Waals surface area contributed by atoms with Crippen molar-refractivity contribution in [2.45, 2.75) is 0 Å². The van der Waals surface area contributed by atoms with Crippen molar-refractivity contribution in [2.75, 3.05) is 37.6 Å². The Balaban J connectivity index is 1.86. The fourth-order valence-corrected chi connectivity index (χ4v) is 2.18. The van der Waals surface area contributed by atoms with Gasteiger partial charge in [0, 0.05) is 38.8 Å². The monoisotopic (exact) mass is 264 g/mol. The molecule has 4 nitrogen and oxygen atoms in total. The molecule has 1 heterocycles. The van der Waals surface area contributed by atoms with Crippen LogP contribution in [0, 0.1) is 5.82 Å². The zero-order chi connectivity index (χ0) is 13.7. The number of nitrogens with zero attached hydrogens (tertiary/aromatic N) is 2. The molecule has 0 amide bonds. The van der Waals surface area contributed by atoms with Crippen molar-refractivity contribution in [3.63, 3.8) is 0 Å². The minimum Gasteiger partial charge on any atom is -0.478 e. The molecule has 0 aromatic heterocycles. The third-order valence-corrected chi connectivity index (χ3v) is 3.19. The first-order chi connectivity index (χ1) is 9.16. The van der Waals surface area contributed by atoms with E-state index in [2.05, 4.69) is 4.90 Å². The fraction of sp³-hybridized carbons (Fsp3) is 0.357. The molecule has 102 valence electrons. The van der Waals surface area contributed by atoms with Crippen LogP contribution in [-0.2, 0) is 4.79 Å². The molecule has 0 unspecified atom stereocenters. The quantitative estimate of drug-likeness (QED) is 0.839. The zero-order valence-corrected chi connectivity index (χ0v) is 10.6. The molecule has 0 aliphatic carbocycles. The summed E-state index contributed by atoms with van der Waals surface area (Å²) in [5.41, 5.74) is 0.642. The van der Waals surface area contributed by atoms with Gasteiger partial charge in [-0.05, 0) is 12.1 Å². The molecule has 19 heavy (non-hydrogen) atoms. The number of anilines is 1. The van der Waals surface area contributed by atoms with Gasteiger partial charge >= 0.3 is 5.97 Å². The van der Waals surface area contributed by atoms with Crippen molar-refractivity contribution < 1.29 is 14.3 Å². The highest BCUT2D eigenvalue weighted by atomic mass is 19.1. The van der Waals surface area contributed by atoms with Crippen LogP contribution in [0.4, 0.5) is 10.1 Å². The van der Waals surface area contributed by atoms with Gasteiger partial charge in [0.05, 0.1) is 5.69 Å². The Kier molecular flexibility index (Phi) is 4.52. The van der Waals surface area contributed by atoms with Crippen LogP contribution in [0.15, 0.2) is 36.4 Å². The summed E-state index contributed by atoms with van der Waals surface area (Å²) < 4.78 is 13.6. The number of carboxylic acid groups (broad SMARTS) is 1. The molecular formula is C14H17FN2O2. The molecule has 1 fully saturated rings. The average Bonchev–Trinajstić information content (AvgIpc) is 2.40. The molecule has 5 heteroatoms. The van der Waals surface area contributed by atoms with E-state index in [1.165, 1.54) is 6.07 Å². The molecule has 1 aromatic carbocycles. The number of carboxylic acids is 1. The minimum atomic E-state index is -0.926. The highest BCUT2D eigenvalue weighted by Gasteiger charge is 2.18. The van der Waals surface area contributed by atoms with E-state index in [0.717, 1.165) is 32.3 Å². The summed E-state index contributed by atoms with van der Waals surface area (Å²) in [6.45, 7) is 3.73. The van der Waals surface area contributed by atoms with Crippen LogP contribution >= 0.6 is 0 Å². The van der Waals surface area contributed by atoms with Crippen LogP contribution in [-0.4, -0.2) is 48.7 Å². The maximum absolute atomic E-state index is 13.6. The van der Waals surface area contributed by atoms with Crippen molar-refractivity contribution in [2.24, 2.45) is 0 Å². The summed E-state index contributed by atoms with van der Waals surface area (Å²) in [7, 11) is 0. The number of halogens is 1. The van der Waals surface area contributed by atoms with E-state index in [9.17, 15) is 9.18 Å². The molecule has 1 aromatic rings. The van der Waals surface area contributed by atoms with Gasteiger partial charge in [-0.3, -0.25) is 4.90 Å². The molecule has 0 bridgehead atoms. The Labute approximate surface area is 111 Å². The first-order valence-corrected chi connectivity index (χ1v) is 6.28. The average molecular weight is 264 g/mol. The zero-order valence-electron chi connectivity index (χ0n) is 10.6. The topological polar surface area (TPSA) is 43.8 Å². The standard InChI is InChI=1S/C14H17FN2O2/c15-12-4-1-2-5-13(12)17-10-8-16(9-11-17)7-3-6-14(18)19/h1-6H,7-11H2,(H,18,19)/b6-3+. The van der Waals surface area contributed by atoms with E-state index >= 15 is 0 Å². The van der Waals surface area contributed by atoms with Gasteiger partial charge in [0.2, 0.25) is 0 Å². The summed E-state index contributed by atoms with van der Waals surface area (Å²) in [5.74, 6) is -1.12. The Morgan fingerprint density at radius 3 is 2.58 bits per heavy atom. The lowest BCUT2D eigenvalue weighted by molar-refractivity contribution is -0.131. The summed E-state index contributed by atoms with van der Waals surface area (Å²) in [4.78, 5) is 14.5. The second-order valence-corrected chi connectivity index (χ2v) is 4.48. The number of piperazine rings is 1. The predicted octanol–water partition coefficient (Wildman–Crippen LogP) is 1.59. The Morgan fingerprint density at radius 2 is 1.95 bits per heavy atom. The van der Waals surface area contributed by atoms with E-state index in [-0.39, 0.29) is 5.82 Å². The summed E-state index contributed by atoms with van der Waals surface area (Å²) in [6, 6.07) is 6.78. The molecule has 1 aliphatic rings. The summed E-state index contributed by atoms with van der Waals surface area (Å²) in [6.07, 6.45) is 2.80. The van der Waals surface area contributed by atoms with Gasteiger partial charge in [-0.25, -0.2) is 9.18 Å². The number of hydrogen-bond acceptors (Lipinski definition) is 3. The molecular weight excluding hydrogens is 247 g/mol. The highest BCUT2D eigenvalue weighted by molar-refractivity contribution is 5.79. The SMILES string of the molecule is O=C(O)/C=C/CN1CCN(c2ccccc2F)CC1. The normalized spacial score (nSPS) is 17.0. The van der Waals surface area contributed by atoms with Crippen molar-refractivity contribution in [3.05, 3.63) is 42.2 Å². The number of benzene rings is 1. The van der Waals surface area contributed by atoms with Crippen LogP contribution in [0.25, 0.3) is 0 Å². The van der Waals surface area contributed by atoms with Crippen molar-refractivity contribution in [1.82, 2.24) is 4.90 Å². The van der Waals surface area contributed by atoms with Crippen LogP contribution in [0.5, 0.6) is 0 Å². The van der Waals surface area contributed by atoms with Crippen LogP contribution in [0.2, 0.25) is 0 Å². The Hall–Kier alpha value is -1.88. The second kappa shape index (κ2) is 6.33. The molecule has 1 saturated heterocycles. The van der Waals surface area contributed by atoms with Gasteiger partial charge in [0.25, 0.3) is 0 Å². The molecule has 1 aliphatic heterocycles. The van der Waals surface area contributed by atoms with Gasteiger partial charge in [-0.1, -0.05) is 18.2 Å². The smallest absolute Gasteiger partial charge is 0.328 e. The first-order valence-electron chi connectivity index (χ1n) is 6.28. The summed E-state index contributed by atoms with van der Waals surface area (Å²) >= 11 is 0. The van der Waals surface area contributed by atoms with E-state index in [1.54, 1.807) is 18.2 Å². The van der Waals surface area contributed by atoms with Crippen molar-refractivity contribution >= 4 is 11.7 Å². The maximum Gasteiger partial charge on any atom is 0.328 e. The molecule has 0 saturated carbocycles. The van der Waals surface area contributed by atoms with Crippen LogP contribution in [0.3, 0.4) is 0 Å². The van der Waals surface area contributed by atoms with E-state index in [4.69, 9.17) is 5.11 Å². The lowest BCUT2D eigenvalue weighted by Crippen LogP contribution is -2.46. The van der Waals surface area contributed by atoms with Gasteiger partial charge < -0.3 is 10.0 Å². The van der Waals surface area contributed by atoms with E-state index in [1.807, 2.05) is 11.0 Å². The molecule has 0 spiro atoms. The molecule has 0 radical (unpaired) electrons. The van der Waals surface area contributed by atoms with Crippen molar-refractivity contribution in [1.29, 1.82) is 0 Å². The predicted molar refractivity (Wildman–Crippen MR) is 71.8 cm³/mol. The van der Waals surface area contributed by atoms with Gasteiger partial charge in [-0.2, -0.15) is 0 Å². The molecule has 0 atom stereocenters. The van der Waals surface area contributed by atoms with E-state index in [0.29, 0.717) is 12.2 Å². The molecule has 2 rings (SSSR count). The lowest BCUT2D eigenvalue weighted by atomic mass is 10.2. The number of rotatable bonds is 4. The Bertz CT molecular complexity index is 468. The maximum atomic E-state index is 13.6. The first kappa shape index (κ1) is 13.5. The van der Waals surface area contributed by atoms with Gasteiger partial charge in [-0.15, -0.1) is 0 Å². The highest BCUT2D eigenvalue weighted by Crippen LogP contribution is 2.19. The Morgan fingerprint density at radius 1 is 1.26 bits per heavy atom. The largest absolute Gasteiger partial charge is 0.478 e. The third kappa shape index (κ3) is 3.79. The fourth-order valence-electron chi connectivity index (χ4n) is 2.18. The lowest BCUT2D eigenvalue weighted by Gasteiger charge is -2.35. The number of para-hydroxylation sites is 1. The van der Waals surface area contributed by atoms with Gasteiger partial charge in [0.1, 0.15) is 5.82 Å². The van der Waals surface area contributed by atoms with E-state index < -0.39 is 5.97 Å². The minimum absolute atomic E-state index is 0.193. The number of carbonyl (C=O) groups is 1. The van der Waals surface area contributed by atoms with Gasteiger partial charge in [0.15, 0.2) is 0 Å². The van der Waals surface area contributed by atoms with Crippen molar-refractivity contribution in [3.8, 4) is 0 Å².